The molecule has 1 aliphatic rings. The number of rotatable bonds is 3. The summed E-state index contributed by atoms with van der Waals surface area (Å²) in [6.45, 7) is -0.509. The van der Waals surface area contributed by atoms with Gasteiger partial charge in [0, 0.05) is 31.3 Å². The lowest BCUT2D eigenvalue weighted by molar-refractivity contribution is -0.0411. The molecule has 0 aliphatic carbocycles. The summed E-state index contributed by atoms with van der Waals surface area (Å²) in [6.07, 6.45) is -1.02. The third-order valence-corrected chi connectivity index (χ3v) is 6.18. The summed E-state index contributed by atoms with van der Waals surface area (Å²) in [5.74, 6) is -4.05. The topological polar surface area (TPSA) is 74.7 Å². The predicted octanol–water partition coefficient (Wildman–Crippen LogP) is 1.87. The average molecular weight is 311 g/mol. The number of sulfonamides is 1. The number of hydrogen-bond acceptors (Lipinski definition) is 4. The summed E-state index contributed by atoms with van der Waals surface area (Å²) in [5.41, 5.74) is -0.120. The van der Waals surface area contributed by atoms with E-state index in [9.17, 15) is 22.0 Å². The van der Waals surface area contributed by atoms with E-state index >= 15 is 0 Å². The van der Waals surface area contributed by atoms with Crippen molar-refractivity contribution in [3.05, 3.63) is 17.0 Å². The van der Waals surface area contributed by atoms with E-state index in [-0.39, 0.29) is 22.9 Å². The lowest BCUT2D eigenvalue weighted by atomic mass is 10.1. The number of carboxylic acid groups (broad SMARTS) is 1. The number of hydrogen-bond donors (Lipinski definition) is 1. The average Bonchev–Trinajstić information content (AvgIpc) is 2.78. The molecule has 0 unspecified atom stereocenters. The first-order valence-electron chi connectivity index (χ1n) is 5.42. The number of carboxylic acids is 1. The van der Waals surface area contributed by atoms with E-state index in [2.05, 4.69) is 0 Å². The highest BCUT2D eigenvalue weighted by Crippen LogP contribution is 2.32. The molecule has 1 saturated heterocycles. The van der Waals surface area contributed by atoms with Crippen molar-refractivity contribution in [2.24, 2.45) is 0 Å². The zero-order valence-corrected chi connectivity index (χ0v) is 11.3. The molecule has 1 fully saturated rings. The predicted molar refractivity (Wildman–Crippen MR) is 64.2 cm³/mol. The molecular weight excluding hydrogens is 300 g/mol. The minimum atomic E-state index is -3.87. The first-order valence-corrected chi connectivity index (χ1v) is 7.74. The van der Waals surface area contributed by atoms with Crippen LogP contribution in [-0.4, -0.2) is 42.8 Å². The van der Waals surface area contributed by atoms with Crippen molar-refractivity contribution in [1.29, 1.82) is 0 Å². The van der Waals surface area contributed by atoms with Crippen LogP contribution < -0.4 is 0 Å². The van der Waals surface area contributed by atoms with Crippen LogP contribution in [0.15, 0.2) is 15.7 Å². The third-order valence-electron chi connectivity index (χ3n) is 2.87. The van der Waals surface area contributed by atoms with Gasteiger partial charge in [-0.05, 0) is 6.07 Å². The maximum atomic E-state index is 13.0. The van der Waals surface area contributed by atoms with E-state index in [0.29, 0.717) is 0 Å². The van der Waals surface area contributed by atoms with Crippen molar-refractivity contribution >= 4 is 27.3 Å². The molecule has 2 heterocycles. The van der Waals surface area contributed by atoms with E-state index in [4.69, 9.17) is 5.11 Å². The van der Waals surface area contributed by atoms with Crippen molar-refractivity contribution < 1.29 is 27.1 Å². The van der Waals surface area contributed by atoms with E-state index in [1.54, 1.807) is 0 Å². The second-order valence-corrected chi connectivity index (χ2v) is 7.30. The van der Waals surface area contributed by atoms with Crippen LogP contribution >= 0.6 is 11.3 Å². The summed E-state index contributed by atoms with van der Waals surface area (Å²) < 4.78 is 51.1. The fourth-order valence-corrected chi connectivity index (χ4v) is 4.49. The van der Waals surface area contributed by atoms with Crippen LogP contribution in [-0.2, 0) is 10.0 Å². The number of thiophene rings is 1. The number of carbonyl (C=O) groups is 1. The number of halogens is 2. The summed E-state index contributed by atoms with van der Waals surface area (Å²) in [7, 11) is -3.87. The van der Waals surface area contributed by atoms with Gasteiger partial charge in [0.05, 0.1) is 5.56 Å². The summed E-state index contributed by atoms with van der Waals surface area (Å²) in [5, 5.41) is 9.96. The van der Waals surface area contributed by atoms with Crippen molar-refractivity contribution in [3.63, 3.8) is 0 Å². The van der Waals surface area contributed by atoms with Crippen LogP contribution in [0.4, 0.5) is 8.78 Å². The maximum Gasteiger partial charge on any atom is 0.336 e. The first kappa shape index (κ1) is 14.4. The molecule has 106 valence electrons. The number of aromatic carboxylic acids is 1. The molecule has 0 radical (unpaired) electrons. The molecule has 5 nitrogen and oxygen atoms in total. The molecule has 1 aromatic rings. The van der Waals surface area contributed by atoms with Crippen LogP contribution in [0, 0.1) is 0 Å². The lowest BCUT2D eigenvalue weighted by Crippen LogP contribution is -2.42. The monoisotopic (exact) mass is 311 g/mol. The Morgan fingerprint density at radius 1 is 1.37 bits per heavy atom. The van der Waals surface area contributed by atoms with Crippen LogP contribution in [0.1, 0.15) is 23.2 Å². The molecule has 19 heavy (non-hydrogen) atoms. The van der Waals surface area contributed by atoms with Crippen molar-refractivity contribution in [2.75, 3.05) is 13.1 Å². The Morgan fingerprint density at radius 2 is 1.95 bits per heavy atom. The highest BCUT2D eigenvalue weighted by Gasteiger charge is 2.39. The van der Waals surface area contributed by atoms with Gasteiger partial charge in [-0.2, -0.15) is 4.31 Å². The molecule has 0 saturated carbocycles. The Balaban J connectivity index is 2.20. The molecule has 9 heteroatoms. The van der Waals surface area contributed by atoms with Crippen molar-refractivity contribution in [3.8, 4) is 0 Å². The number of nitrogens with zero attached hydrogens (tertiary/aromatic N) is 1. The highest BCUT2D eigenvalue weighted by molar-refractivity contribution is 7.91. The van der Waals surface area contributed by atoms with Gasteiger partial charge in [-0.1, -0.05) is 0 Å². The first-order chi connectivity index (χ1) is 8.72. The van der Waals surface area contributed by atoms with Crippen LogP contribution in [0.2, 0.25) is 0 Å². The Hall–Kier alpha value is -1.06. The van der Waals surface area contributed by atoms with Gasteiger partial charge in [0.15, 0.2) is 0 Å². The molecule has 0 atom stereocenters. The molecule has 1 aliphatic heterocycles. The van der Waals surface area contributed by atoms with Gasteiger partial charge in [0.25, 0.3) is 15.9 Å². The van der Waals surface area contributed by atoms with Gasteiger partial charge >= 0.3 is 5.97 Å². The minimum Gasteiger partial charge on any atom is -0.478 e. The van der Waals surface area contributed by atoms with Gasteiger partial charge < -0.3 is 5.11 Å². The SMILES string of the molecule is O=C(O)c1csc(S(=O)(=O)N2CCC(F)(F)CC2)c1. The molecule has 0 bridgehead atoms. The van der Waals surface area contributed by atoms with Gasteiger partial charge in [-0.15, -0.1) is 11.3 Å². The molecule has 1 aromatic heterocycles. The smallest absolute Gasteiger partial charge is 0.336 e. The summed E-state index contributed by atoms with van der Waals surface area (Å²) >= 11 is 0.780. The van der Waals surface area contributed by atoms with Gasteiger partial charge in [-0.25, -0.2) is 22.0 Å². The normalized spacial score (nSPS) is 20.3. The zero-order valence-electron chi connectivity index (χ0n) is 9.67. The third kappa shape index (κ3) is 2.93. The Bertz CT molecular complexity index is 586. The quantitative estimate of drug-likeness (QED) is 0.924. The van der Waals surface area contributed by atoms with Crippen LogP contribution in [0.25, 0.3) is 0 Å². The van der Waals surface area contributed by atoms with E-state index in [1.807, 2.05) is 0 Å². The molecule has 2 rings (SSSR count). The number of piperidine rings is 1. The van der Waals surface area contributed by atoms with Crippen LogP contribution in [0.5, 0.6) is 0 Å². The summed E-state index contributed by atoms with van der Waals surface area (Å²) in [4.78, 5) is 10.7. The molecule has 1 N–H and O–H groups in total. The van der Waals surface area contributed by atoms with Gasteiger partial charge in [0.1, 0.15) is 4.21 Å². The number of alkyl halides is 2. The Morgan fingerprint density at radius 3 is 2.42 bits per heavy atom. The second kappa shape index (κ2) is 4.80. The van der Waals surface area contributed by atoms with E-state index in [1.165, 1.54) is 5.38 Å². The molecule has 0 aromatic carbocycles. The Kier molecular flexibility index (Phi) is 3.63. The van der Waals surface area contributed by atoms with E-state index < -0.39 is 34.8 Å². The molecular formula is C10H11F2NO4S2. The molecule has 0 amide bonds. The molecule has 0 spiro atoms. The van der Waals surface area contributed by atoms with Crippen molar-refractivity contribution in [2.45, 2.75) is 23.0 Å². The summed E-state index contributed by atoms with van der Waals surface area (Å²) in [6, 6.07) is 1.05. The van der Waals surface area contributed by atoms with Crippen LogP contribution in [0.3, 0.4) is 0 Å². The minimum absolute atomic E-state index is 0.120. The van der Waals surface area contributed by atoms with Gasteiger partial charge in [-0.3, -0.25) is 0 Å². The fourth-order valence-electron chi connectivity index (χ4n) is 1.74. The Labute approximate surface area is 112 Å². The lowest BCUT2D eigenvalue weighted by Gasteiger charge is -2.30. The second-order valence-electron chi connectivity index (χ2n) is 4.22. The highest BCUT2D eigenvalue weighted by atomic mass is 32.2. The van der Waals surface area contributed by atoms with Crippen molar-refractivity contribution in [1.82, 2.24) is 4.31 Å². The maximum absolute atomic E-state index is 13.0. The van der Waals surface area contributed by atoms with Gasteiger partial charge in [0.2, 0.25) is 0 Å². The fraction of sp³-hybridized carbons (Fsp3) is 0.500. The largest absolute Gasteiger partial charge is 0.478 e. The zero-order chi connectivity index (χ0) is 14.3. The van der Waals surface area contributed by atoms with E-state index in [0.717, 1.165) is 21.7 Å². The standard InChI is InChI=1S/C10H11F2NO4S2/c11-10(12)1-3-13(4-2-10)19(16,17)8-5-7(6-18-8)9(14)15/h5-6H,1-4H2,(H,14,15).